The summed E-state index contributed by atoms with van der Waals surface area (Å²) in [7, 11) is 0. The number of hydrogen-bond acceptors (Lipinski definition) is 4. The van der Waals surface area contributed by atoms with Crippen molar-refractivity contribution in [2.24, 2.45) is 0 Å². The topological polar surface area (TPSA) is 62.3 Å². The Labute approximate surface area is 105 Å². The molecule has 1 saturated heterocycles. The van der Waals surface area contributed by atoms with E-state index in [1.807, 2.05) is 0 Å². The van der Waals surface area contributed by atoms with Gasteiger partial charge in [0.05, 0.1) is 16.5 Å². The molecule has 0 unspecified atom stereocenters. The zero-order valence-electron chi connectivity index (χ0n) is 8.40. The molecule has 2 amide bonds. The third-order valence-electron chi connectivity index (χ3n) is 2.23. The molecule has 5 nitrogen and oxygen atoms in total. The molecule has 1 fully saturated rings. The van der Waals surface area contributed by atoms with Crippen molar-refractivity contribution in [1.82, 2.24) is 9.88 Å². The molecule has 2 rings (SSSR count). The largest absolute Gasteiger partial charge is 0.333 e. The minimum atomic E-state index is -0.197. The van der Waals surface area contributed by atoms with E-state index in [0.717, 1.165) is 10.2 Å². The van der Waals surface area contributed by atoms with Gasteiger partial charge in [-0.15, -0.1) is 0 Å². The predicted octanol–water partition coefficient (Wildman–Crippen LogP) is 1.47. The molecular formula is C9H10BrN3O2S. The van der Waals surface area contributed by atoms with Crippen LogP contribution in [-0.2, 0) is 9.59 Å². The maximum Gasteiger partial charge on any atom is 0.245 e. The van der Waals surface area contributed by atoms with Gasteiger partial charge in [0.1, 0.15) is 0 Å². The molecule has 1 aliphatic rings. The number of anilines is 1. The summed E-state index contributed by atoms with van der Waals surface area (Å²) in [6, 6.07) is 0. The minimum Gasteiger partial charge on any atom is -0.333 e. The number of aromatic nitrogens is 1. The predicted molar refractivity (Wildman–Crippen MR) is 64.3 cm³/mol. The van der Waals surface area contributed by atoms with Crippen molar-refractivity contribution in [2.75, 3.05) is 18.4 Å². The minimum absolute atomic E-state index is 0.0514. The highest BCUT2D eigenvalue weighted by Crippen LogP contribution is 2.23. The Bertz CT molecular complexity index is 421. The van der Waals surface area contributed by atoms with Crippen LogP contribution in [0.4, 0.5) is 5.13 Å². The summed E-state index contributed by atoms with van der Waals surface area (Å²) >= 11 is 4.60. The first-order chi connectivity index (χ1) is 7.65. The number of likely N-dealkylation sites (tertiary alicyclic amines) is 1. The van der Waals surface area contributed by atoms with E-state index in [0.29, 0.717) is 18.1 Å². The van der Waals surface area contributed by atoms with Crippen molar-refractivity contribution >= 4 is 44.2 Å². The van der Waals surface area contributed by atoms with Gasteiger partial charge in [0.15, 0.2) is 5.13 Å². The van der Waals surface area contributed by atoms with E-state index in [1.165, 1.54) is 11.3 Å². The van der Waals surface area contributed by atoms with Crippen molar-refractivity contribution in [3.63, 3.8) is 0 Å². The van der Waals surface area contributed by atoms with Crippen LogP contribution in [-0.4, -0.2) is 34.8 Å². The summed E-state index contributed by atoms with van der Waals surface area (Å²) in [6.45, 7) is 0.795. The molecule has 16 heavy (non-hydrogen) atoms. The Kier molecular flexibility index (Phi) is 3.55. The first-order valence-electron chi connectivity index (χ1n) is 4.84. The lowest BCUT2D eigenvalue weighted by atomic mass is 10.4. The van der Waals surface area contributed by atoms with E-state index in [2.05, 4.69) is 26.2 Å². The maximum absolute atomic E-state index is 11.6. The third-order valence-corrected chi connectivity index (χ3v) is 3.62. The summed E-state index contributed by atoms with van der Waals surface area (Å²) in [5, 5.41) is 3.20. The number of hydrogen-bond donors (Lipinski definition) is 1. The fraction of sp³-hybridized carbons (Fsp3) is 0.444. The second-order valence-corrected chi connectivity index (χ2v) is 5.85. The van der Waals surface area contributed by atoms with Crippen LogP contribution < -0.4 is 5.32 Å². The van der Waals surface area contributed by atoms with Gasteiger partial charge in [-0.25, -0.2) is 4.98 Å². The van der Waals surface area contributed by atoms with Crippen molar-refractivity contribution in [3.8, 4) is 0 Å². The lowest BCUT2D eigenvalue weighted by molar-refractivity contribution is -0.131. The van der Waals surface area contributed by atoms with E-state index in [9.17, 15) is 9.59 Å². The first kappa shape index (κ1) is 11.5. The average molecular weight is 304 g/mol. The normalized spacial score (nSPS) is 15.6. The van der Waals surface area contributed by atoms with Gasteiger partial charge in [0.25, 0.3) is 0 Å². The quantitative estimate of drug-likeness (QED) is 0.920. The fourth-order valence-corrected chi connectivity index (χ4v) is 2.64. The van der Waals surface area contributed by atoms with Crippen molar-refractivity contribution in [2.45, 2.75) is 12.8 Å². The Morgan fingerprint density at radius 3 is 3.06 bits per heavy atom. The van der Waals surface area contributed by atoms with Gasteiger partial charge in [-0.3, -0.25) is 9.59 Å². The van der Waals surface area contributed by atoms with E-state index in [1.54, 1.807) is 11.1 Å². The molecule has 1 aromatic rings. The van der Waals surface area contributed by atoms with Gasteiger partial charge in [-0.2, -0.15) is 0 Å². The number of carbonyl (C=O) groups is 2. The average Bonchev–Trinajstić information content (AvgIpc) is 2.77. The Morgan fingerprint density at radius 1 is 1.69 bits per heavy atom. The fourth-order valence-electron chi connectivity index (χ4n) is 1.52. The van der Waals surface area contributed by atoms with E-state index in [4.69, 9.17) is 0 Å². The molecule has 0 aromatic carbocycles. The highest BCUT2D eigenvalue weighted by atomic mass is 79.9. The van der Waals surface area contributed by atoms with Gasteiger partial charge in [0.2, 0.25) is 11.8 Å². The summed E-state index contributed by atoms with van der Waals surface area (Å²) in [5.41, 5.74) is 0. The number of halogens is 1. The van der Waals surface area contributed by atoms with Gasteiger partial charge in [-0.1, -0.05) is 11.3 Å². The second-order valence-electron chi connectivity index (χ2n) is 3.44. The summed E-state index contributed by atoms with van der Waals surface area (Å²) in [5.74, 6) is -0.146. The molecule has 1 aromatic heterocycles. The van der Waals surface area contributed by atoms with Gasteiger partial charge in [0, 0.05) is 13.0 Å². The maximum atomic E-state index is 11.6. The van der Waals surface area contributed by atoms with Gasteiger partial charge < -0.3 is 10.2 Å². The Hall–Kier alpha value is -0.950. The smallest absolute Gasteiger partial charge is 0.245 e. The second kappa shape index (κ2) is 4.92. The molecule has 0 spiro atoms. The van der Waals surface area contributed by atoms with E-state index in [-0.39, 0.29) is 18.4 Å². The zero-order valence-corrected chi connectivity index (χ0v) is 10.8. The third kappa shape index (κ3) is 2.79. The van der Waals surface area contributed by atoms with E-state index >= 15 is 0 Å². The van der Waals surface area contributed by atoms with Crippen LogP contribution in [0.15, 0.2) is 9.98 Å². The number of amides is 2. The molecule has 86 valence electrons. The number of thiazole rings is 1. The molecular weight excluding hydrogens is 294 g/mol. The summed E-state index contributed by atoms with van der Waals surface area (Å²) in [4.78, 5) is 28.4. The first-order valence-corrected chi connectivity index (χ1v) is 6.45. The molecule has 7 heteroatoms. The summed E-state index contributed by atoms with van der Waals surface area (Å²) in [6.07, 6.45) is 3.02. The molecule has 1 aliphatic heterocycles. The van der Waals surface area contributed by atoms with Crippen LogP contribution in [0.3, 0.4) is 0 Å². The highest BCUT2D eigenvalue weighted by Gasteiger charge is 2.22. The van der Waals surface area contributed by atoms with Crippen LogP contribution in [0.5, 0.6) is 0 Å². The molecule has 1 N–H and O–H groups in total. The molecule has 0 bridgehead atoms. The van der Waals surface area contributed by atoms with Crippen molar-refractivity contribution in [1.29, 1.82) is 0 Å². The standard InChI is InChI=1S/C9H10BrN3O2S/c10-6-4-11-9(16-6)12-7(14)5-13-3-1-2-8(13)15/h4H,1-3,5H2,(H,11,12,14). The molecule has 0 aliphatic carbocycles. The van der Waals surface area contributed by atoms with Gasteiger partial charge >= 0.3 is 0 Å². The van der Waals surface area contributed by atoms with Crippen LogP contribution in [0.2, 0.25) is 0 Å². The lowest BCUT2D eigenvalue weighted by Crippen LogP contribution is -2.33. The highest BCUT2D eigenvalue weighted by molar-refractivity contribution is 9.11. The lowest BCUT2D eigenvalue weighted by Gasteiger charge is -2.13. The van der Waals surface area contributed by atoms with Crippen molar-refractivity contribution in [3.05, 3.63) is 9.98 Å². The van der Waals surface area contributed by atoms with Gasteiger partial charge in [-0.05, 0) is 22.4 Å². The zero-order chi connectivity index (χ0) is 11.5. The molecule has 2 heterocycles. The summed E-state index contributed by atoms with van der Waals surface area (Å²) < 4.78 is 0.861. The molecule has 0 saturated carbocycles. The monoisotopic (exact) mass is 303 g/mol. The number of nitrogens with zero attached hydrogens (tertiary/aromatic N) is 2. The number of nitrogens with one attached hydrogen (secondary N) is 1. The van der Waals surface area contributed by atoms with E-state index < -0.39 is 0 Å². The molecule has 0 atom stereocenters. The van der Waals surface area contributed by atoms with Crippen molar-refractivity contribution < 1.29 is 9.59 Å². The van der Waals surface area contributed by atoms with Crippen LogP contribution >= 0.6 is 27.3 Å². The van der Waals surface area contributed by atoms with Crippen LogP contribution in [0.25, 0.3) is 0 Å². The number of rotatable bonds is 3. The van der Waals surface area contributed by atoms with Crippen LogP contribution in [0.1, 0.15) is 12.8 Å². The SMILES string of the molecule is O=C(CN1CCCC1=O)Nc1ncc(Br)s1. The molecule has 0 radical (unpaired) electrons. The Morgan fingerprint density at radius 2 is 2.50 bits per heavy atom. The number of carbonyl (C=O) groups excluding carboxylic acids is 2. The Balaban J connectivity index is 1.86. The van der Waals surface area contributed by atoms with Crippen LogP contribution in [0, 0.1) is 0 Å².